The lowest BCUT2D eigenvalue weighted by Gasteiger charge is -2.23. The molecule has 0 amide bonds. The van der Waals surface area contributed by atoms with Crippen LogP contribution in [0.1, 0.15) is 22.9 Å². The first-order valence-corrected chi connectivity index (χ1v) is 17.5. The van der Waals surface area contributed by atoms with E-state index in [1.807, 2.05) is 48.5 Å². The maximum Gasteiger partial charge on any atom is 0.170 e. The number of aliphatic imine (C=N–C) groups is 2. The number of fused-ring (bicyclic) bond motifs is 9. The molecule has 0 saturated carbocycles. The van der Waals surface area contributed by atoms with Gasteiger partial charge in [0.1, 0.15) is 34.0 Å². The predicted molar refractivity (Wildman–Crippen MR) is 213 cm³/mol. The summed E-state index contributed by atoms with van der Waals surface area (Å²) >= 11 is 0. The van der Waals surface area contributed by atoms with E-state index in [0.29, 0.717) is 0 Å². The minimum absolute atomic E-state index is 0.505. The molecular formula is C47H29N3O2. The molecule has 11 rings (SSSR count). The molecule has 2 aromatic heterocycles. The van der Waals surface area contributed by atoms with E-state index in [1.54, 1.807) is 0 Å². The van der Waals surface area contributed by atoms with Gasteiger partial charge in [-0.25, -0.2) is 9.98 Å². The number of amidine groups is 2. The van der Waals surface area contributed by atoms with Gasteiger partial charge in [-0.15, -0.1) is 0 Å². The minimum atomic E-state index is -0.505. The molecule has 1 unspecified atom stereocenters. The summed E-state index contributed by atoms with van der Waals surface area (Å²) in [6.07, 6.45) is -0.505. The molecule has 5 heteroatoms. The van der Waals surface area contributed by atoms with Crippen LogP contribution in [0.2, 0.25) is 0 Å². The first kappa shape index (κ1) is 28.8. The van der Waals surface area contributed by atoms with Crippen molar-refractivity contribution in [1.29, 1.82) is 0 Å². The van der Waals surface area contributed by atoms with Crippen LogP contribution in [0.4, 0.5) is 0 Å². The molecule has 1 N–H and O–H groups in total. The van der Waals surface area contributed by atoms with Gasteiger partial charge in [-0.1, -0.05) is 121 Å². The van der Waals surface area contributed by atoms with Gasteiger partial charge < -0.3 is 14.2 Å². The van der Waals surface area contributed by atoms with Crippen LogP contribution in [0.5, 0.6) is 0 Å². The molecule has 0 fully saturated rings. The molecule has 8 aromatic carbocycles. The van der Waals surface area contributed by atoms with Gasteiger partial charge in [0.25, 0.3) is 0 Å². The van der Waals surface area contributed by atoms with Crippen molar-refractivity contribution in [2.45, 2.75) is 6.17 Å². The highest BCUT2D eigenvalue weighted by atomic mass is 16.3. The fraction of sp³-hybridized carbons (Fsp3) is 0.0213. The molecule has 0 bridgehead atoms. The highest BCUT2D eigenvalue weighted by Crippen LogP contribution is 2.40. The summed E-state index contributed by atoms with van der Waals surface area (Å²) < 4.78 is 12.7. The Labute approximate surface area is 298 Å². The maximum atomic E-state index is 6.47. The van der Waals surface area contributed by atoms with Crippen LogP contribution < -0.4 is 5.32 Å². The van der Waals surface area contributed by atoms with Gasteiger partial charge >= 0.3 is 0 Å². The standard InChI is InChI=1S/C47H29N3O2/c1-2-10-30(11-3-1)45-48-46(33-20-19-29-18-17-28-9-4-5-12-34(28)38(29)26-33)50-47(49-45)37-14-8-16-42-44(37)39-25-31(22-24-41(39)51-42)32-21-23-36-35-13-6-7-15-40(35)52-43(36)27-32/h1-27,47H,(H,48,49,50). The van der Waals surface area contributed by atoms with Gasteiger partial charge in [0.05, 0.1) is 0 Å². The Bertz CT molecular complexity index is 3110. The average Bonchev–Trinajstić information content (AvgIpc) is 3.78. The predicted octanol–water partition coefficient (Wildman–Crippen LogP) is 12.0. The van der Waals surface area contributed by atoms with Gasteiger partial charge in [-0.2, -0.15) is 0 Å². The van der Waals surface area contributed by atoms with Gasteiger partial charge in [-0.3, -0.25) is 0 Å². The Morgan fingerprint density at radius 3 is 1.90 bits per heavy atom. The number of benzene rings is 8. The zero-order valence-electron chi connectivity index (χ0n) is 27.9. The Hall–Kier alpha value is -6.98. The maximum absolute atomic E-state index is 6.47. The van der Waals surface area contributed by atoms with Crippen molar-refractivity contribution < 1.29 is 8.83 Å². The van der Waals surface area contributed by atoms with E-state index in [2.05, 4.69) is 121 Å². The highest BCUT2D eigenvalue weighted by molar-refractivity contribution is 6.18. The monoisotopic (exact) mass is 667 g/mol. The van der Waals surface area contributed by atoms with E-state index in [4.69, 9.17) is 18.8 Å². The van der Waals surface area contributed by atoms with E-state index < -0.39 is 6.17 Å². The normalized spacial score (nSPS) is 14.7. The first-order chi connectivity index (χ1) is 25.7. The summed E-state index contributed by atoms with van der Waals surface area (Å²) in [5, 5.41) is 12.7. The van der Waals surface area contributed by atoms with E-state index >= 15 is 0 Å². The fourth-order valence-corrected chi connectivity index (χ4v) is 7.78. The van der Waals surface area contributed by atoms with Crippen LogP contribution in [0.15, 0.2) is 183 Å². The van der Waals surface area contributed by atoms with Gasteiger partial charge in [-0.05, 0) is 75.1 Å². The second-order valence-corrected chi connectivity index (χ2v) is 13.4. The largest absolute Gasteiger partial charge is 0.456 e. The van der Waals surface area contributed by atoms with Crippen LogP contribution in [-0.4, -0.2) is 11.7 Å². The molecule has 1 aliphatic rings. The molecule has 0 aliphatic carbocycles. The molecular weight excluding hydrogens is 639 g/mol. The Balaban J connectivity index is 1.08. The first-order valence-electron chi connectivity index (χ1n) is 17.5. The lowest BCUT2D eigenvalue weighted by Crippen LogP contribution is -2.36. The van der Waals surface area contributed by atoms with Crippen molar-refractivity contribution in [3.05, 3.63) is 180 Å². The van der Waals surface area contributed by atoms with Crippen molar-refractivity contribution in [2.24, 2.45) is 9.98 Å². The SMILES string of the molecule is c1ccc(C2=NC(c3cccc4oc5ccc(-c6ccc7c(c6)oc6ccccc67)cc5c34)N=C(c3ccc4ccc5ccccc5c4c3)N2)cc1. The van der Waals surface area contributed by atoms with E-state index in [-0.39, 0.29) is 0 Å². The van der Waals surface area contributed by atoms with Crippen LogP contribution >= 0.6 is 0 Å². The van der Waals surface area contributed by atoms with Crippen LogP contribution in [0, 0.1) is 0 Å². The quantitative estimate of drug-likeness (QED) is 0.190. The Morgan fingerprint density at radius 1 is 0.385 bits per heavy atom. The van der Waals surface area contributed by atoms with Crippen molar-refractivity contribution in [3.63, 3.8) is 0 Å². The molecule has 0 saturated heterocycles. The molecule has 52 heavy (non-hydrogen) atoms. The molecule has 0 radical (unpaired) electrons. The summed E-state index contributed by atoms with van der Waals surface area (Å²) in [6.45, 7) is 0. The molecule has 1 aliphatic heterocycles. The smallest absolute Gasteiger partial charge is 0.170 e. The third-order valence-electron chi connectivity index (χ3n) is 10.3. The molecule has 0 spiro atoms. The zero-order valence-corrected chi connectivity index (χ0v) is 27.9. The van der Waals surface area contributed by atoms with Crippen LogP contribution in [0.3, 0.4) is 0 Å². The van der Waals surface area contributed by atoms with Crippen molar-refractivity contribution in [3.8, 4) is 11.1 Å². The highest BCUT2D eigenvalue weighted by Gasteiger charge is 2.24. The number of nitrogens with zero attached hydrogens (tertiary/aromatic N) is 2. The lowest BCUT2D eigenvalue weighted by atomic mass is 9.98. The molecule has 1 atom stereocenters. The molecule has 10 aromatic rings. The number of nitrogens with one attached hydrogen (secondary N) is 1. The van der Waals surface area contributed by atoms with E-state index in [0.717, 1.165) is 83.4 Å². The summed E-state index contributed by atoms with van der Waals surface area (Å²) in [4.78, 5) is 10.6. The number of rotatable bonds is 4. The summed E-state index contributed by atoms with van der Waals surface area (Å²) in [5.41, 5.74) is 8.55. The van der Waals surface area contributed by atoms with Gasteiger partial charge in [0.15, 0.2) is 6.17 Å². The number of hydrogen-bond acceptors (Lipinski definition) is 5. The van der Waals surface area contributed by atoms with Gasteiger partial charge in [0, 0.05) is 38.2 Å². The second-order valence-electron chi connectivity index (χ2n) is 13.4. The molecule has 244 valence electrons. The minimum Gasteiger partial charge on any atom is -0.456 e. The lowest BCUT2D eigenvalue weighted by molar-refractivity contribution is 0.667. The van der Waals surface area contributed by atoms with Crippen molar-refractivity contribution in [1.82, 2.24) is 5.32 Å². The number of furan rings is 2. The Morgan fingerprint density at radius 2 is 1.00 bits per heavy atom. The molecule has 5 nitrogen and oxygen atoms in total. The second kappa shape index (κ2) is 11.3. The zero-order chi connectivity index (χ0) is 34.2. The van der Waals surface area contributed by atoms with Crippen molar-refractivity contribution in [2.75, 3.05) is 0 Å². The Kier molecular flexibility index (Phi) is 6.25. The van der Waals surface area contributed by atoms with E-state index in [1.165, 1.54) is 21.5 Å². The number of para-hydroxylation sites is 1. The number of hydrogen-bond donors (Lipinski definition) is 1. The van der Waals surface area contributed by atoms with Gasteiger partial charge in [0.2, 0.25) is 0 Å². The fourth-order valence-electron chi connectivity index (χ4n) is 7.78. The third kappa shape index (κ3) is 4.56. The van der Waals surface area contributed by atoms with Crippen LogP contribution in [-0.2, 0) is 0 Å². The topological polar surface area (TPSA) is 63.0 Å². The van der Waals surface area contributed by atoms with Crippen LogP contribution in [0.25, 0.3) is 76.5 Å². The third-order valence-corrected chi connectivity index (χ3v) is 10.3. The summed E-state index contributed by atoms with van der Waals surface area (Å²) in [5.74, 6) is 1.55. The average molecular weight is 668 g/mol. The summed E-state index contributed by atoms with van der Waals surface area (Å²) in [7, 11) is 0. The molecule has 3 heterocycles. The van der Waals surface area contributed by atoms with Crippen molar-refractivity contribution >= 4 is 77.1 Å². The summed E-state index contributed by atoms with van der Waals surface area (Å²) in [6, 6.07) is 56.9. The van der Waals surface area contributed by atoms with E-state index in [9.17, 15) is 0 Å².